The lowest BCUT2D eigenvalue weighted by Gasteiger charge is -2.19. The van der Waals surface area contributed by atoms with Gasteiger partial charge in [-0.15, -0.1) is 0 Å². The molecule has 0 saturated heterocycles. The Balaban J connectivity index is 0. The zero-order valence-corrected chi connectivity index (χ0v) is 15.5. The summed E-state index contributed by atoms with van der Waals surface area (Å²) in [6.45, 7) is 20.3. The molecule has 0 aromatic rings. The van der Waals surface area contributed by atoms with Gasteiger partial charge in [-0.2, -0.15) is 0 Å². The van der Waals surface area contributed by atoms with Gasteiger partial charge in [-0.1, -0.05) is 94.4 Å². The summed E-state index contributed by atoms with van der Waals surface area (Å²) in [5.74, 6) is 0.884. The van der Waals surface area contributed by atoms with Crippen LogP contribution in [0, 0.1) is 16.7 Å². The van der Waals surface area contributed by atoms with Gasteiger partial charge in [0.2, 0.25) is 0 Å². The van der Waals surface area contributed by atoms with Crippen LogP contribution in [0.1, 0.15) is 107 Å². The first-order valence-electron chi connectivity index (χ1n) is 8.60. The molecule has 1 saturated carbocycles. The van der Waals surface area contributed by atoms with Crippen molar-refractivity contribution in [2.75, 3.05) is 0 Å². The third-order valence-corrected chi connectivity index (χ3v) is 4.54. The van der Waals surface area contributed by atoms with Crippen LogP contribution in [-0.4, -0.2) is 0 Å². The summed E-state index contributed by atoms with van der Waals surface area (Å²) < 4.78 is 0. The fourth-order valence-electron chi connectivity index (χ4n) is 1.58. The van der Waals surface area contributed by atoms with Gasteiger partial charge in [0, 0.05) is 0 Å². The van der Waals surface area contributed by atoms with Crippen molar-refractivity contribution in [2.24, 2.45) is 16.7 Å². The summed E-state index contributed by atoms with van der Waals surface area (Å²) in [6.07, 6.45) is 9.86. The molecule has 0 aromatic heterocycles. The molecule has 19 heavy (non-hydrogen) atoms. The maximum atomic E-state index is 2.42. The zero-order chi connectivity index (χ0) is 15.5. The minimum absolute atomic E-state index is 0.542. The highest BCUT2D eigenvalue weighted by atomic mass is 14.3. The van der Waals surface area contributed by atoms with Gasteiger partial charge in [-0.25, -0.2) is 0 Å². The number of hydrogen-bond donors (Lipinski definition) is 0. The van der Waals surface area contributed by atoms with E-state index in [1.54, 1.807) is 0 Å². The molecule has 0 N–H and O–H groups in total. The Morgan fingerprint density at radius 1 is 0.947 bits per heavy atom. The van der Waals surface area contributed by atoms with Gasteiger partial charge in [0.05, 0.1) is 0 Å². The Hall–Kier alpha value is 0. The molecule has 0 heterocycles. The van der Waals surface area contributed by atoms with Crippen LogP contribution in [0.25, 0.3) is 0 Å². The first kappa shape index (κ1) is 21.3. The van der Waals surface area contributed by atoms with Crippen LogP contribution in [0.3, 0.4) is 0 Å². The average Bonchev–Trinajstić information content (AvgIpc) is 2.77. The van der Waals surface area contributed by atoms with E-state index in [1.165, 1.54) is 44.9 Å². The van der Waals surface area contributed by atoms with Crippen LogP contribution in [0.4, 0.5) is 0 Å². The molecule has 0 heteroatoms. The predicted molar refractivity (Wildman–Crippen MR) is 91.7 cm³/mol. The monoisotopic (exact) mass is 270 g/mol. The van der Waals surface area contributed by atoms with Gasteiger partial charge >= 0.3 is 0 Å². The zero-order valence-electron chi connectivity index (χ0n) is 15.5. The van der Waals surface area contributed by atoms with Crippen molar-refractivity contribution in [3.05, 3.63) is 0 Å². The molecule has 1 rings (SSSR count). The topological polar surface area (TPSA) is 0 Å². The summed E-state index contributed by atoms with van der Waals surface area (Å²) >= 11 is 0. The first-order valence-corrected chi connectivity index (χ1v) is 8.60. The Kier molecular flexibility index (Phi) is 12.0. The van der Waals surface area contributed by atoms with Crippen molar-refractivity contribution >= 4 is 0 Å². The minimum Gasteiger partial charge on any atom is -0.0651 e. The summed E-state index contributed by atoms with van der Waals surface area (Å²) in [7, 11) is 0. The SMILES string of the molecule is CCC(C)(C)C.CCC(C)C.CCC1(C)CCCC1. The van der Waals surface area contributed by atoms with Crippen LogP contribution < -0.4 is 0 Å². The van der Waals surface area contributed by atoms with Crippen molar-refractivity contribution < 1.29 is 0 Å². The normalized spacial score (nSPS) is 17.4. The highest BCUT2D eigenvalue weighted by Gasteiger charge is 2.25. The van der Waals surface area contributed by atoms with Crippen molar-refractivity contribution in [2.45, 2.75) is 107 Å². The van der Waals surface area contributed by atoms with E-state index >= 15 is 0 Å². The second kappa shape index (κ2) is 10.7. The Morgan fingerprint density at radius 2 is 1.26 bits per heavy atom. The maximum Gasteiger partial charge on any atom is -0.0328 e. The van der Waals surface area contributed by atoms with Crippen molar-refractivity contribution in [1.29, 1.82) is 0 Å². The summed E-state index contributed by atoms with van der Waals surface area (Å²) in [5.41, 5.74) is 1.28. The van der Waals surface area contributed by atoms with Gasteiger partial charge < -0.3 is 0 Å². The molecule has 1 aliphatic carbocycles. The number of rotatable bonds is 2. The van der Waals surface area contributed by atoms with Crippen LogP contribution in [0.5, 0.6) is 0 Å². The lowest BCUT2D eigenvalue weighted by Crippen LogP contribution is -2.07. The standard InChI is InChI=1S/C8H16.C6H14.C5H12/c1-3-8(2)6-4-5-7-8;1-5-6(2,3)4;1-4-5(2)3/h3-7H2,1-2H3;5H2,1-4H3;5H,4H2,1-3H3. The lowest BCUT2D eigenvalue weighted by atomic mass is 9.86. The fourth-order valence-corrected chi connectivity index (χ4v) is 1.58. The molecule has 1 aliphatic rings. The van der Waals surface area contributed by atoms with E-state index < -0.39 is 0 Å². The van der Waals surface area contributed by atoms with Crippen molar-refractivity contribution in [1.82, 2.24) is 0 Å². The molecule has 0 radical (unpaired) electrons. The van der Waals surface area contributed by atoms with Crippen LogP contribution in [0.15, 0.2) is 0 Å². The van der Waals surface area contributed by atoms with E-state index in [0.29, 0.717) is 5.41 Å². The van der Waals surface area contributed by atoms with Crippen LogP contribution in [-0.2, 0) is 0 Å². The molecule has 0 amide bonds. The summed E-state index contributed by atoms with van der Waals surface area (Å²) in [4.78, 5) is 0. The minimum atomic E-state index is 0.542. The van der Waals surface area contributed by atoms with Crippen molar-refractivity contribution in [3.63, 3.8) is 0 Å². The molecule has 0 atom stereocenters. The second-order valence-corrected chi connectivity index (χ2v) is 8.09. The van der Waals surface area contributed by atoms with E-state index in [-0.39, 0.29) is 0 Å². The van der Waals surface area contributed by atoms with E-state index in [2.05, 4.69) is 62.3 Å². The van der Waals surface area contributed by atoms with E-state index in [9.17, 15) is 0 Å². The molecule has 0 aromatic carbocycles. The van der Waals surface area contributed by atoms with Gasteiger partial charge in [0.1, 0.15) is 0 Å². The highest BCUT2D eigenvalue weighted by molar-refractivity contribution is 4.78. The first-order chi connectivity index (χ1) is 8.60. The van der Waals surface area contributed by atoms with Gasteiger partial charge in [0.15, 0.2) is 0 Å². The third kappa shape index (κ3) is 15.9. The number of hydrogen-bond acceptors (Lipinski definition) is 0. The van der Waals surface area contributed by atoms with E-state index in [4.69, 9.17) is 0 Å². The molecular weight excluding hydrogens is 228 g/mol. The fraction of sp³-hybridized carbons (Fsp3) is 1.00. The lowest BCUT2D eigenvalue weighted by molar-refractivity contribution is 0.323. The largest absolute Gasteiger partial charge is 0.0651 e. The predicted octanol–water partition coefficient (Wildman–Crippen LogP) is 7.47. The molecular formula is C19H42. The Bertz CT molecular complexity index is 177. The van der Waals surface area contributed by atoms with Gasteiger partial charge in [-0.3, -0.25) is 0 Å². The third-order valence-electron chi connectivity index (χ3n) is 4.54. The molecule has 0 spiro atoms. The average molecular weight is 271 g/mol. The second-order valence-electron chi connectivity index (χ2n) is 8.09. The van der Waals surface area contributed by atoms with Crippen LogP contribution >= 0.6 is 0 Å². The maximum absolute atomic E-state index is 2.42. The van der Waals surface area contributed by atoms with Gasteiger partial charge in [-0.05, 0) is 29.6 Å². The smallest absolute Gasteiger partial charge is 0.0328 e. The Morgan fingerprint density at radius 3 is 1.37 bits per heavy atom. The Labute approximate surface area is 124 Å². The quantitative estimate of drug-likeness (QED) is 0.488. The molecule has 1 fully saturated rings. The molecule has 0 aliphatic heterocycles. The molecule has 0 unspecified atom stereocenters. The molecule has 0 nitrogen and oxygen atoms in total. The van der Waals surface area contributed by atoms with E-state index in [1.807, 2.05) is 0 Å². The van der Waals surface area contributed by atoms with E-state index in [0.717, 1.165) is 11.3 Å². The summed E-state index contributed by atoms with van der Waals surface area (Å²) in [5, 5.41) is 0. The summed E-state index contributed by atoms with van der Waals surface area (Å²) in [6, 6.07) is 0. The van der Waals surface area contributed by atoms with Crippen LogP contribution in [0.2, 0.25) is 0 Å². The van der Waals surface area contributed by atoms with Crippen molar-refractivity contribution in [3.8, 4) is 0 Å². The highest BCUT2D eigenvalue weighted by Crippen LogP contribution is 2.39. The molecule has 118 valence electrons. The molecule has 0 bridgehead atoms. The van der Waals surface area contributed by atoms with Gasteiger partial charge in [0.25, 0.3) is 0 Å².